The molecule has 0 aliphatic carbocycles. The van der Waals surface area contributed by atoms with E-state index in [1.165, 1.54) is 12.4 Å². The monoisotopic (exact) mass is 188 g/mol. The molecule has 0 rings (SSSR count). The van der Waals surface area contributed by atoms with Crippen molar-refractivity contribution in [3.05, 3.63) is 24.0 Å². The molecule has 0 fully saturated rings. The van der Waals surface area contributed by atoms with Gasteiger partial charge in [0.15, 0.2) is 5.84 Å². The van der Waals surface area contributed by atoms with Gasteiger partial charge in [-0.15, -0.1) is 5.10 Å². The van der Waals surface area contributed by atoms with Crippen LogP contribution in [0.5, 0.6) is 0 Å². The van der Waals surface area contributed by atoms with Gasteiger partial charge in [-0.25, -0.2) is 11.4 Å². The zero-order chi connectivity index (χ0) is 9.40. The topological polar surface area (TPSA) is 114 Å². The summed E-state index contributed by atoms with van der Waals surface area (Å²) in [7, 11) is 0. The third-order valence-corrected chi connectivity index (χ3v) is 1.11. The molecule has 0 aliphatic heterocycles. The lowest BCUT2D eigenvalue weighted by atomic mass is 10.2. The van der Waals surface area contributed by atoms with Crippen molar-refractivity contribution in [2.24, 2.45) is 22.4 Å². The second-order valence-electron chi connectivity index (χ2n) is 1.71. The van der Waals surface area contributed by atoms with Gasteiger partial charge < -0.3 is 16.2 Å². The molecule has 0 aliphatic rings. The Morgan fingerprint density at radius 2 is 2.17 bits per heavy atom. The Kier molecular flexibility index (Phi) is 5.66. The summed E-state index contributed by atoms with van der Waals surface area (Å²) < 4.78 is 2.49. The van der Waals surface area contributed by atoms with Crippen LogP contribution in [0.2, 0.25) is 0 Å². The second kappa shape index (κ2) is 6.38. The van der Waals surface area contributed by atoms with Gasteiger partial charge in [-0.05, 0) is 12.3 Å². The SMILES string of the molecule is N\C=C/C(=C/NS)C(/N)=N/NN. The number of hydrazine groups is 1. The number of hydrogen-bond donors (Lipinski definition) is 6. The Bertz CT molecular complexity index is 208. The van der Waals surface area contributed by atoms with Crippen molar-refractivity contribution >= 4 is 18.7 Å². The Balaban J connectivity index is 4.51. The molecular weight excluding hydrogens is 176 g/mol. The standard InChI is InChI=1S/C5H12N6S/c6-2-1-4(3-9-12)5(7)10-11-8/h1-3,9,11-12H,6,8H2,(H2,7,10)/b2-1-,4-3-. The van der Waals surface area contributed by atoms with Gasteiger partial charge in [0.05, 0.1) is 0 Å². The van der Waals surface area contributed by atoms with Crippen molar-refractivity contribution in [2.75, 3.05) is 0 Å². The highest BCUT2D eigenvalue weighted by molar-refractivity contribution is 7.78. The molecule has 0 saturated carbocycles. The van der Waals surface area contributed by atoms with Crippen molar-refractivity contribution in [1.29, 1.82) is 0 Å². The molecule has 0 radical (unpaired) electrons. The quantitative estimate of drug-likeness (QED) is 0.0803. The highest BCUT2D eigenvalue weighted by atomic mass is 32.1. The van der Waals surface area contributed by atoms with Crippen LogP contribution in [0, 0.1) is 0 Å². The summed E-state index contributed by atoms with van der Waals surface area (Å²) in [5.74, 6) is 5.13. The van der Waals surface area contributed by atoms with E-state index in [4.69, 9.17) is 17.3 Å². The van der Waals surface area contributed by atoms with Crippen molar-refractivity contribution in [1.82, 2.24) is 10.3 Å². The van der Waals surface area contributed by atoms with Gasteiger partial charge in [-0.2, -0.15) is 0 Å². The van der Waals surface area contributed by atoms with Crippen LogP contribution in [0.3, 0.4) is 0 Å². The second-order valence-corrected chi connectivity index (χ2v) is 1.97. The van der Waals surface area contributed by atoms with E-state index in [0.29, 0.717) is 5.57 Å². The summed E-state index contributed by atoms with van der Waals surface area (Å²) in [5.41, 5.74) is 13.3. The number of nitrogens with zero attached hydrogens (tertiary/aromatic N) is 1. The molecule has 12 heavy (non-hydrogen) atoms. The molecule has 68 valence electrons. The first-order valence-electron chi connectivity index (χ1n) is 3.03. The molecule has 6 nitrogen and oxygen atoms in total. The molecule has 0 aromatic rings. The minimum atomic E-state index is 0.209. The van der Waals surface area contributed by atoms with Crippen LogP contribution in [0.15, 0.2) is 29.2 Å². The Hall–Kier alpha value is -1.34. The number of amidine groups is 1. The fourth-order valence-corrected chi connectivity index (χ4v) is 0.654. The zero-order valence-electron chi connectivity index (χ0n) is 6.36. The first-order chi connectivity index (χ1) is 5.76. The van der Waals surface area contributed by atoms with Gasteiger partial charge in [-0.3, -0.25) is 0 Å². The first kappa shape index (κ1) is 10.7. The summed E-state index contributed by atoms with van der Waals surface area (Å²) in [5, 5.41) is 3.54. The molecule has 0 atom stereocenters. The smallest absolute Gasteiger partial charge is 0.153 e. The molecule has 0 aromatic carbocycles. The van der Waals surface area contributed by atoms with E-state index in [0.717, 1.165) is 0 Å². The summed E-state index contributed by atoms with van der Waals surface area (Å²) in [6.45, 7) is 0. The summed E-state index contributed by atoms with van der Waals surface area (Å²) in [4.78, 5) is 0. The van der Waals surface area contributed by atoms with E-state index in [9.17, 15) is 0 Å². The summed E-state index contributed by atoms with van der Waals surface area (Å²) in [6.07, 6.45) is 4.40. The number of hydrogen-bond acceptors (Lipinski definition) is 6. The molecule has 0 heterocycles. The molecule has 0 saturated heterocycles. The molecule has 0 amide bonds. The van der Waals surface area contributed by atoms with Crippen LogP contribution in [0.1, 0.15) is 0 Å². The fraction of sp³-hybridized carbons (Fsp3) is 0. The number of hydrazone groups is 1. The van der Waals surface area contributed by atoms with Crippen molar-refractivity contribution in [2.45, 2.75) is 0 Å². The van der Waals surface area contributed by atoms with Gasteiger partial charge in [0.2, 0.25) is 0 Å². The maximum Gasteiger partial charge on any atom is 0.153 e. The highest BCUT2D eigenvalue weighted by Gasteiger charge is 1.96. The molecular formula is C5H12N6S. The maximum atomic E-state index is 5.46. The summed E-state index contributed by atoms with van der Waals surface area (Å²) in [6, 6.07) is 0. The van der Waals surface area contributed by atoms with Gasteiger partial charge in [0.1, 0.15) is 0 Å². The maximum absolute atomic E-state index is 5.46. The molecule has 7 heteroatoms. The largest absolute Gasteiger partial charge is 0.405 e. The van der Waals surface area contributed by atoms with Crippen LogP contribution in [0.25, 0.3) is 0 Å². The van der Waals surface area contributed by atoms with Crippen molar-refractivity contribution in [3.8, 4) is 0 Å². The van der Waals surface area contributed by atoms with Crippen LogP contribution in [0.4, 0.5) is 0 Å². The first-order valence-corrected chi connectivity index (χ1v) is 3.48. The van der Waals surface area contributed by atoms with E-state index >= 15 is 0 Å². The molecule has 0 unspecified atom stereocenters. The zero-order valence-corrected chi connectivity index (χ0v) is 7.25. The predicted molar refractivity (Wildman–Crippen MR) is 52.5 cm³/mol. The third kappa shape index (κ3) is 3.74. The molecule has 0 spiro atoms. The minimum Gasteiger partial charge on any atom is -0.405 e. The van der Waals surface area contributed by atoms with E-state index in [2.05, 4.69) is 28.2 Å². The van der Waals surface area contributed by atoms with Crippen LogP contribution < -0.4 is 27.6 Å². The molecule has 0 bridgehead atoms. The summed E-state index contributed by atoms with van der Waals surface area (Å²) >= 11 is 3.75. The number of nitrogens with one attached hydrogen (secondary N) is 2. The number of rotatable bonds is 4. The Labute approximate surface area is 76.1 Å². The van der Waals surface area contributed by atoms with E-state index in [-0.39, 0.29) is 5.84 Å². The lowest BCUT2D eigenvalue weighted by Gasteiger charge is -2.00. The highest BCUT2D eigenvalue weighted by Crippen LogP contribution is 1.94. The van der Waals surface area contributed by atoms with E-state index in [1.807, 2.05) is 0 Å². The van der Waals surface area contributed by atoms with Gasteiger partial charge in [-0.1, -0.05) is 12.8 Å². The van der Waals surface area contributed by atoms with Gasteiger partial charge >= 0.3 is 0 Å². The van der Waals surface area contributed by atoms with Gasteiger partial charge in [0, 0.05) is 11.8 Å². The fourth-order valence-electron chi connectivity index (χ4n) is 0.515. The van der Waals surface area contributed by atoms with Crippen LogP contribution in [-0.4, -0.2) is 5.84 Å². The van der Waals surface area contributed by atoms with Crippen molar-refractivity contribution in [3.63, 3.8) is 0 Å². The van der Waals surface area contributed by atoms with E-state index < -0.39 is 0 Å². The average Bonchev–Trinajstić information content (AvgIpc) is 2.04. The number of nitrogens with two attached hydrogens (primary N) is 3. The lowest BCUT2D eigenvalue weighted by molar-refractivity contribution is 0.803. The van der Waals surface area contributed by atoms with Crippen molar-refractivity contribution < 1.29 is 0 Å². The minimum absolute atomic E-state index is 0.209. The Morgan fingerprint density at radius 1 is 1.50 bits per heavy atom. The predicted octanol–water partition coefficient (Wildman–Crippen LogP) is -1.49. The van der Waals surface area contributed by atoms with Crippen LogP contribution >= 0.6 is 12.8 Å². The van der Waals surface area contributed by atoms with Crippen LogP contribution in [-0.2, 0) is 0 Å². The van der Waals surface area contributed by atoms with E-state index in [1.54, 1.807) is 6.08 Å². The molecule has 0 aromatic heterocycles. The third-order valence-electron chi connectivity index (χ3n) is 0.977. The molecule has 8 N–H and O–H groups in total. The lowest BCUT2D eigenvalue weighted by Crippen LogP contribution is -2.23. The van der Waals surface area contributed by atoms with Gasteiger partial charge in [0.25, 0.3) is 0 Å². The Morgan fingerprint density at radius 3 is 2.58 bits per heavy atom. The number of thiol groups is 1. The average molecular weight is 188 g/mol. The normalized spacial score (nSPS) is 13.5.